The van der Waals surface area contributed by atoms with E-state index in [0.717, 1.165) is 0 Å². The zero-order chi connectivity index (χ0) is 23.3. The zero-order valence-corrected chi connectivity index (χ0v) is 22.8. The standard InChI is InChI=1S/C23H27N.C5H8O2.Ir/c1-14(2)18-12-21(15(3)4)20-7-8-24-23(22(20)13-18)19-10-16(5)9-17(6)11-19;1-4(6)3-5(2)7;/h7-10,12-15,23H,1-6H3;3,6H,1-2H3;/q-2;;/b;4-3-;. The fourth-order valence-electron chi connectivity index (χ4n) is 3.85. The number of allylic oxidation sites excluding steroid dienone is 2. The first-order valence-electron chi connectivity index (χ1n) is 10.9. The van der Waals surface area contributed by atoms with Crippen LogP contribution in [0.4, 0.5) is 0 Å². The summed E-state index contributed by atoms with van der Waals surface area (Å²) in [5, 5.41) is 13.2. The van der Waals surface area contributed by atoms with Gasteiger partial charge in [-0.25, -0.2) is 0 Å². The third-order valence-electron chi connectivity index (χ3n) is 5.20. The van der Waals surface area contributed by atoms with E-state index in [0.29, 0.717) is 11.8 Å². The first-order valence-corrected chi connectivity index (χ1v) is 10.9. The molecule has 0 saturated carbocycles. The Bertz CT molecular complexity index is 978. The first-order chi connectivity index (χ1) is 14.5. The second-order valence-corrected chi connectivity index (χ2v) is 8.98. The molecule has 1 N–H and O–H groups in total. The molecule has 4 heteroatoms. The second-order valence-electron chi connectivity index (χ2n) is 8.98. The van der Waals surface area contributed by atoms with Crippen LogP contribution in [0.1, 0.15) is 98.4 Å². The van der Waals surface area contributed by atoms with Gasteiger partial charge < -0.3 is 10.4 Å². The van der Waals surface area contributed by atoms with Crippen molar-refractivity contribution in [3.63, 3.8) is 0 Å². The molecule has 1 heterocycles. The Kier molecular flexibility index (Phi) is 10.6. The predicted octanol–water partition coefficient (Wildman–Crippen LogP) is 7.83. The number of rotatable bonds is 4. The van der Waals surface area contributed by atoms with Gasteiger partial charge in [0.1, 0.15) is 0 Å². The van der Waals surface area contributed by atoms with E-state index in [4.69, 9.17) is 10.4 Å². The van der Waals surface area contributed by atoms with Gasteiger partial charge in [-0.05, 0) is 42.4 Å². The summed E-state index contributed by atoms with van der Waals surface area (Å²) in [7, 11) is 0. The number of benzene rings is 2. The van der Waals surface area contributed by atoms with Gasteiger partial charge in [-0.1, -0.05) is 71.4 Å². The number of carbonyl (C=O) groups is 1. The number of fused-ring (bicyclic) bond motifs is 1. The number of aryl methyl sites for hydroxylation is 2. The molecule has 175 valence electrons. The molecule has 3 nitrogen and oxygen atoms in total. The van der Waals surface area contributed by atoms with E-state index in [2.05, 4.69) is 78.0 Å². The molecule has 1 radical (unpaired) electrons. The van der Waals surface area contributed by atoms with Crippen LogP contribution in [0.15, 0.2) is 42.3 Å². The van der Waals surface area contributed by atoms with E-state index < -0.39 is 0 Å². The molecule has 0 amide bonds. The molecule has 0 bridgehead atoms. The van der Waals surface area contributed by atoms with Crippen LogP contribution in [0.25, 0.3) is 11.4 Å². The third kappa shape index (κ3) is 7.46. The van der Waals surface area contributed by atoms with Crippen molar-refractivity contribution < 1.29 is 30.0 Å². The zero-order valence-electron chi connectivity index (χ0n) is 20.4. The largest absolute Gasteiger partial charge is 0.682 e. The van der Waals surface area contributed by atoms with Crippen LogP contribution in [0.5, 0.6) is 0 Å². The van der Waals surface area contributed by atoms with Crippen molar-refractivity contribution in [2.75, 3.05) is 0 Å². The third-order valence-corrected chi connectivity index (χ3v) is 5.20. The Morgan fingerprint density at radius 2 is 1.72 bits per heavy atom. The maximum Gasteiger partial charge on any atom is 0.155 e. The van der Waals surface area contributed by atoms with E-state index in [1.165, 1.54) is 58.9 Å². The van der Waals surface area contributed by atoms with Crippen molar-refractivity contribution in [2.45, 2.75) is 73.3 Å². The van der Waals surface area contributed by atoms with Crippen molar-refractivity contribution in [3.05, 3.63) is 92.6 Å². The molecule has 2 aromatic rings. The van der Waals surface area contributed by atoms with Crippen LogP contribution in [0, 0.1) is 19.9 Å². The molecule has 1 atom stereocenters. The van der Waals surface area contributed by atoms with Gasteiger partial charge in [-0.3, -0.25) is 4.79 Å². The van der Waals surface area contributed by atoms with E-state index in [9.17, 15) is 4.79 Å². The maximum absolute atomic E-state index is 10.0. The normalized spacial score (nSPS) is 14.8. The maximum atomic E-state index is 10.0. The summed E-state index contributed by atoms with van der Waals surface area (Å²) < 4.78 is 0. The van der Waals surface area contributed by atoms with Gasteiger partial charge >= 0.3 is 0 Å². The van der Waals surface area contributed by atoms with Crippen molar-refractivity contribution in [3.8, 4) is 0 Å². The van der Waals surface area contributed by atoms with Crippen LogP contribution in [0.2, 0.25) is 0 Å². The summed E-state index contributed by atoms with van der Waals surface area (Å²) in [5.41, 5.74) is 9.13. The SMILES string of the molecule is CC(=O)/C=C(/C)O.Cc1[c-]c(C2[N-]C=Cc3c(C(C)C)cc(C(C)C)cc32)cc(C)c1.[Ir]. The minimum atomic E-state index is -0.125. The Balaban J connectivity index is 0.000000558. The van der Waals surface area contributed by atoms with Crippen molar-refractivity contribution in [1.82, 2.24) is 0 Å². The minimum Gasteiger partial charge on any atom is -0.682 e. The molecule has 3 rings (SSSR count). The van der Waals surface area contributed by atoms with E-state index in [1.807, 2.05) is 6.20 Å². The van der Waals surface area contributed by atoms with Gasteiger partial charge in [0.25, 0.3) is 0 Å². The summed E-state index contributed by atoms with van der Waals surface area (Å²) in [6.07, 6.45) is 5.31. The predicted molar refractivity (Wildman–Crippen MR) is 131 cm³/mol. The topological polar surface area (TPSA) is 51.4 Å². The number of hydrogen-bond donors (Lipinski definition) is 1. The van der Waals surface area contributed by atoms with Gasteiger partial charge in [-0.2, -0.15) is 41.1 Å². The number of aliphatic hydroxyl groups is 1. The van der Waals surface area contributed by atoms with Gasteiger partial charge in [0.05, 0.1) is 5.76 Å². The average molecular weight is 610 g/mol. The average Bonchev–Trinajstić information content (AvgIpc) is 2.65. The Morgan fingerprint density at radius 1 is 1.06 bits per heavy atom. The Hall–Kier alpha value is -2.16. The molecule has 1 unspecified atom stereocenters. The molecule has 0 spiro atoms. The van der Waals surface area contributed by atoms with Crippen LogP contribution in [0.3, 0.4) is 0 Å². The molecule has 0 fully saturated rings. The summed E-state index contributed by atoms with van der Waals surface area (Å²) in [5.74, 6) is 0.958. The molecule has 0 aromatic heterocycles. The number of carbonyl (C=O) groups excluding carboxylic acids is 1. The fraction of sp³-hybridized carbons (Fsp3) is 0.393. The van der Waals surface area contributed by atoms with Crippen molar-refractivity contribution in [1.29, 1.82) is 0 Å². The van der Waals surface area contributed by atoms with Gasteiger partial charge in [0.15, 0.2) is 5.78 Å². The summed E-state index contributed by atoms with van der Waals surface area (Å²) >= 11 is 0. The first kappa shape index (κ1) is 27.9. The van der Waals surface area contributed by atoms with Crippen LogP contribution < -0.4 is 0 Å². The minimum absolute atomic E-state index is 0. The smallest absolute Gasteiger partial charge is 0.155 e. The quantitative estimate of drug-likeness (QED) is 0.218. The molecule has 32 heavy (non-hydrogen) atoms. The van der Waals surface area contributed by atoms with Crippen molar-refractivity contribution >= 4 is 11.9 Å². The fourth-order valence-corrected chi connectivity index (χ4v) is 3.85. The Morgan fingerprint density at radius 3 is 2.19 bits per heavy atom. The number of ketones is 1. The van der Waals surface area contributed by atoms with E-state index >= 15 is 0 Å². The molecule has 0 saturated heterocycles. The van der Waals surface area contributed by atoms with E-state index in [1.54, 1.807) is 0 Å². The molecule has 0 aliphatic carbocycles. The summed E-state index contributed by atoms with van der Waals surface area (Å²) in [4.78, 5) is 10.0. The summed E-state index contributed by atoms with van der Waals surface area (Å²) in [6.45, 7) is 16.2. The van der Waals surface area contributed by atoms with Crippen LogP contribution in [-0.2, 0) is 24.9 Å². The molecular weight excluding hydrogens is 575 g/mol. The van der Waals surface area contributed by atoms with E-state index in [-0.39, 0.29) is 37.7 Å². The molecule has 1 aliphatic heterocycles. The molecular formula is C28H35IrNO2-2. The van der Waals surface area contributed by atoms with Crippen LogP contribution >= 0.6 is 0 Å². The summed E-state index contributed by atoms with van der Waals surface area (Å²) in [6, 6.07) is 12.7. The second kappa shape index (κ2) is 12.2. The van der Waals surface area contributed by atoms with Gasteiger partial charge in [0, 0.05) is 26.2 Å². The number of aliphatic hydroxyl groups excluding tert-OH is 1. The van der Waals surface area contributed by atoms with Crippen LogP contribution in [-0.4, -0.2) is 10.9 Å². The van der Waals surface area contributed by atoms with Gasteiger partial charge in [0.2, 0.25) is 0 Å². The number of hydrogen-bond acceptors (Lipinski definition) is 2. The van der Waals surface area contributed by atoms with Gasteiger partial charge in [-0.15, -0.1) is 0 Å². The monoisotopic (exact) mass is 610 g/mol. The molecule has 1 aliphatic rings. The Labute approximate surface area is 207 Å². The molecule has 2 aromatic carbocycles. The number of nitrogens with zero attached hydrogens (tertiary/aromatic N) is 1. The van der Waals surface area contributed by atoms with Crippen molar-refractivity contribution in [2.24, 2.45) is 0 Å².